The molecule has 0 N–H and O–H groups in total. The molecule has 0 unspecified atom stereocenters. The quantitative estimate of drug-likeness (QED) is 0.737. The third-order valence-electron chi connectivity index (χ3n) is 4.55. The van der Waals surface area contributed by atoms with Gasteiger partial charge in [0.1, 0.15) is 0 Å². The van der Waals surface area contributed by atoms with Gasteiger partial charge in [0, 0.05) is 18.2 Å². The average Bonchev–Trinajstić information content (AvgIpc) is 2.48. The molecule has 2 fully saturated rings. The first-order chi connectivity index (χ1) is 9.68. The predicted molar refractivity (Wildman–Crippen MR) is 74.7 cm³/mol. The summed E-state index contributed by atoms with van der Waals surface area (Å²) in [5.74, 6) is -1.45. The first-order valence-electron chi connectivity index (χ1n) is 7.90. The summed E-state index contributed by atoms with van der Waals surface area (Å²) in [6.07, 6.45) is 13.5. The van der Waals surface area contributed by atoms with Crippen molar-refractivity contribution in [1.29, 1.82) is 0 Å². The maximum atomic E-state index is 12.4. The molecule has 2 aliphatic carbocycles. The molecule has 0 spiro atoms. The maximum Gasteiger partial charge on any atom is 0.247 e. The summed E-state index contributed by atoms with van der Waals surface area (Å²) < 4.78 is 0. The van der Waals surface area contributed by atoms with Crippen LogP contribution >= 0.6 is 0 Å². The number of carboxylic acid groups (broad SMARTS) is 1. The van der Waals surface area contributed by atoms with Crippen molar-refractivity contribution in [2.45, 2.75) is 76.3 Å². The molecule has 0 radical (unpaired) electrons. The number of carbonyl (C=O) groups excluding carboxylic acids is 2. The molecule has 1 amide bonds. The van der Waals surface area contributed by atoms with Gasteiger partial charge in [-0.1, -0.05) is 38.5 Å². The molecule has 112 valence electrons. The van der Waals surface area contributed by atoms with Crippen LogP contribution in [-0.4, -0.2) is 28.9 Å². The van der Waals surface area contributed by atoms with Crippen LogP contribution in [0, 0.1) is 0 Å². The highest BCUT2D eigenvalue weighted by Crippen LogP contribution is 2.30. The molecule has 0 aromatic rings. The fourth-order valence-electron chi connectivity index (χ4n) is 3.60. The predicted octanol–water partition coefficient (Wildman–Crippen LogP) is 1.79. The van der Waals surface area contributed by atoms with Crippen molar-refractivity contribution in [3.8, 4) is 0 Å². The third kappa shape index (κ3) is 4.09. The molecule has 4 heteroatoms. The molecule has 2 rings (SSSR count). The number of hydrogen-bond acceptors (Lipinski definition) is 3. The van der Waals surface area contributed by atoms with Crippen LogP contribution in [0.25, 0.3) is 0 Å². The lowest BCUT2D eigenvalue weighted by Gasteiger charge is -2.41. The summed E-state index contributed by atoms with van der Waals surface area (Å²) in [7, 11) is 0. The molecular weight excluding hydrogens is 254 g/mol. The summed E-state index contributed by atoms with van der Waals surface area (Å²) in [4.78, 5) is 24.9. The van der Waals surface area contributed by atoms with Gasteiger partial charge in [-0.2, -0.15) is 0 Å². The maximum absolute atomic E-state index is 12.4. The Morgan fingerprint density at radius 3 is 1.65 bits per heavy atom. The first-order valence-corrected chi connectivity index (χ1v) is 7.90. The lowest BCUT2D eigenvalue weighted by molar-refractivity contribution is -0.297. The van der Waals surface area contributed by atoms with Crippen molar-refractivity contribution < 1.29 is 14.7 Å². The van der Waals surface area contributed by atoms with Gasteiger partial charge in [-0.25, -0.2) is 0 Å². The van der Waals surface area contributed by atoms with E-state index in [1.165, 1.54) is 44.6 Å². The molecular formula is C16H24NO3-. The number of nitrogens with zero attached hydrogens (tertiary/aromatic N) is 1. The van der Waals surface area contributed by atoms with Gasteiger partial charge < -0.3 is 14.8 Å². The number of carboxylic acids is 1. The van der Waals surface area contributed by atoms with E-state index >= 15 is 0 Å². The monoisotopic (exact) mass is 278 g/mol. The largest absolute Gasteiger partial charge is 0.545 e. The van der Waals surface area contributed by atoms with Crippen molar-refractivity contribution >= 4 is 11.9 Å². The number of amides is 1. The number of rotatable bonds is 4. The van der Waals surface area contributed by atoms with Crippen molar-refractivity contribution in [2.75, 3.05) is 0 Å². The first kappa shape index (κ1) is 15.1. The topological polar surface area (TPSA) is 60.4 Å². The van der Waals surface area contributed by atoms with Gasteiger partial charge in [-0.3, -0.25) is 4.79 Å². The molecule has 0 saturated heterocycles. The van der Waals surface area contributed by atoms with E-state index in [9.17, 15) is 14.7 Å². The fourth-order valence-corrected chi connectivity index (χ4v) is 3.60. The zero-order valence-electron chi connectivity index (χ0n) is 12.1. The second-order valence-corrected chi connectivity index (χ2v) is 5.98. The van der Waals surface area contributed by atoms with Crippen LogP contribution in [0.2, 0.25) is 0 Å². The standard InChI is InChI=1S/C16H25NO3/c18-15(11-12-16(19)20)17(13-7-3-1-4-8-13)14-9-5-2-6-10-14/h11-14H,1-10H2,(H,19,20)/p-1/b12-11+. The van der Waals surface area contributed by atoms with Gasteiger partial charge >= 0.3 is 0 Å². The minimum Gasteiger partial charge on any atom is -0.545 e. The Bertz CT molecular complexity index is 348. The van der Waals surface area contributed by atoms with E-state index in [-0.39, 0.29) is 5.91 Å². The summed E-state index contributed by atoms with van der Waals surface area (Å²) >= 11 is 0. The van der Waals surface area contributed by atoms with E-state index in [1.54, 1.807) is 0 Å². The van der Waals surface area contributed by atoms with Crippen molar-refractivity contribution in [3.63, 3.8) is 0 Å². The van der Waals surface area contributed by atoms with Gasteiger partial charge in [-0.05, 0) is 31.8 Å². The average molecular weight is 278 g/mol. The van der Waals surface area contributed by atoms with Gasteiger partial charge in [0.05, 0.1) is 5.97 Å². The normalized spacial score (nSPS) is 22.0. The Labute approximate surface area is 120 Å². The summed E-state index contributed by atoms with van der Waals surface area (Å²) in [5, 5.41) is 10.5. The molecule has 2 aliphatic rings. The fraction of sp³-hybridized carbons (Fsp3) is 0.750. The van der Waals surface area contributed by atoms with E-state index in [0.29, 0.717) is 12.1 Å². The van der Waals surface area contributed by atoms with Gasteiger partial charge in [-0.15, -0.1) is 0 Å². The minimum atomic E-state index is -1.30. The van der Waals surface area contributed by atoms with Gasteiger partial charge in [0.15, 0.2) is 0 Å². The molecule has 0 atom stereocenters. The highest BCUT2D eigenvalue weighted by Gasteiger charge is 2.31. The van der Waals surface area contributed by atoms with Gasteiger partial charge in [0.25, 0.3) is 0 Å². The molecule has 2 saturated carbocycles. The van der Waals surface area contributed by atoms with E-state index in [4.69, 9.17) is 0 Å². The van der Waals surface area contributed by atoms with E-state index in [2.05, 4.69) is 0 Å². The molecule has 0 heterocycles. The van der Waals surface area contributed by atoms with Crippen LogP contribution in [0.4, 0.5) is 0 Å². The number of hydrogen-bond donors (Lipinski definition) is 0. The summed E-state index contributed by atoms with van der Waals surface area (Å²) in [5.41, 5.74) is 0. The molecule has 0 aromatic heterocycles. The lowest BCUT2D eigenvalue weighted by Crippen LogP contribution is -2.48. The lowest BCUT2D eigenvalue weighted by atomic mass is 9.88. The molecule has 20 heavy (non-hydrogen) atoms. The van der Waals surface area contributed by atoms with Crippen LogP contribution in [0.3, 0.4) is 0 Å². The Morgan fingerprint density at radius 2 is 1.25 bits per heavy atom. The highest BCUT2D eigenvalue weighted by molar-refractivity contribution is 5.93. The Kier molecular flexibility index (Phi) is 5.62. The summed E-state index contributed by atoms with van der Waals surface area (Å²) in [6, 6.07) is 0.594. The third-order valence-corrected chi connectivity index (χ3v) is 4.55. The Balaban J connectivity index is 2.09. The van der Waals surface area contributed by atoms with Crippen LogP contribution in [0.5, 0.6) is 0 Å². The highest BCUT2D eigenvalue weighted by atomic mass is 16.4. The zero-order chi connectivity index (χ0) is 14.4. The molecule has 0 aliphatic heterocycles. The summed E-state index contributed by atoms with van der Waals surface area (Å²) in [6.45, 7) is 0. The number of carbonyl (C=O) groups is 2. The van der Waals surface area contributed by atoms with Crippen molar-refractivity contribution in [2.24, 2.45) is 0 Å². The smallest absolute Gasteiger partial charge is 0.247 e. The molecule has 4 nitrogen and oxygen atoms in total. The van der Waals surface area contributed by atoms with Crippen molar-refractivity contribution in [3.05, 3.63) is 12.2 Å². The van der Waals surface area contributed by atoms with Gasteiger partial charge in [0.2, 0.25) is 5.91 Å². The minimum absolute atomic E-state index is 0.145. The van der Waals surface area contributed by atoms with E-state index < -0.39 is 5.97 Å². The van der Waals surface area contributed by atoms with Crippen molar-refractivity contribution in [1.82, 2.24) is 4.90 Å². The van der Waals surface area contributed by atoms with E-state index in [1.807, 2.05) is 4.90 Å². The SMILES string of the molecule is O=C([O-])/C=C/C(=O)N(C1CCCCC1)C1CCCCC1. The molecule has 0 bridgehead atoms. The van der Waals surface area contributed by atoms with Crippen LogP contribution in [0.15, 0.2) is 12.2 Å². The van der Waals surface area contributed by atoms with E-state index in [0.717, 1.165) is 31.8 Å². The second-order valence-electron chi connectivity index (χ2n) is 5.98. The molecule has 0 aromatic carbocycles. The van der Waals surface area contributed by atoms with Crippen LogP contribution in [-0.2, 0) is 9.59 Å². The van der Waals surface area contributed by atoms with Crippen LogP contribution in [0.1, 0.15) is 64.2 Å². The second kappa shape index (κ2) is 7.46. The number of aliphatic carboxylic acids is 1. The Hall–Kier alpha value is -1.32. The van der Waals surface area contributed by atoms with Crippen LogP contribution < -0.4 is 5.11 Å². The Morgan fingerprint density at radius 1 is 0.800 bits per heavy atom. The zero-order valence-corrected chi connectivity index (χ0v) is 12.1.